The van der Waals surface area contributed by atoms with Crippen LogP contribution in [-0.4, -0.2) is 59.5 Å². The Labute approximate surface area is 252 Å². The molecular formula is C36H53NO5. The fourth-order valence-electron chi connectivity index (χ4n) is 10.5. The minimum absolute atomic E-state index is 0.00791. The molecule has 6 nitrogen and oxygen atoms in total. The first-order valence-electron chi connectivity index (χ1n) is 17.0. The number of hydrogen-bond donors (Lipinski definition) is 1. The summed E-state index contributed by atoms with van der Waals surface area (Å²) in [6.07, 6.45) is 12.1. The highest BCUT2D eigenvalue weighted by atomic mass is 16.6. The van der Waals surface area contributed by atoms with Gasteiger partial charge in [-0.3, -0.25) is 9.69 Å². The third-order valence-electron chi connectivity index (χ3n) is 13.3. The van der Waals surface area contributed by atoms with Crippen LogP contribution in [-0.2, 0) is 21.4 Å². The molecule has 232 valence electrons. The number of ether oxygens (including phenoxy) is 3. The molecule has 2 aliphatic heterocycles. The Morgan fingerprint density at radius 2 is 1.90 bits per heavy atom. The van der Waals surface area contributed by atoms with E-state index < -0.39 is 11.2 Å². The maximum absolute atomic E-state index is 13.0. The number of rotatable bonds is 10. The first-order chi connectivity index (χ1) is 19.9. The van der Waals surface area contributed by atoms with Gasteiger partial charge in [0.25, 0.3) is 0 Å². The van der Waals surface area contributed by atoms with Crippen LogP contribution in [0.5, 0.6) is 11.5 Å². The van der Waals surface area contributed by atoms with E-state index in [9.17, 15) is 9.90 Å². The van der Waals surface area contributed by atoms with Gasteiger partial charge in [-0.2, -0.15) is 0 Å². The normalized spacial score (nSPS) is 37.6. The van der Waals surface area contributed by atoms with Crippen molar-refractivity contribution in [2.45, 2.75) is 140 Å². The topological polar surface area (TPSA) is 68.2 Å². The first kappa shape index (κ1) is 29.1. The maximum atomic E-state index is 13.0. The molecule has 1 aromatic rings. The van der Waals surface area contributed by atoms with E-state index in [1.807, 2.05) is 20.1 Å². The molecule has 8 rings (SSSR count). The van der Waals surface area contributed by atoms with Gasteiger partial charge >= 0.3 is 5.97 Å². The van der Waals surface area contributed by atoms with E-state index in [1.165, 1.54) is 30.5 Å². The van der Waals surface area contributed by atoms with Crippen molar-refractivity contribution in [3.63, 3.8) is 0 Å². The molecule has 0 radical (unpaired) electrons. The standard InChI is InChI=1S/C36H53NO5/c1-7-8-9-10-11-28(38)41-25-15-14-24-20-27-34-16-17-36(40-6,26(21-34)33(5,39)32(2,3)4)31-35(34,29(24)30(25)42-31)18-19-37(27)22-23-12-13-23/h14-15,23,26-27,31,39H,7-13,16-22H2,1-6H3/t26-,27-,31-,33+,34?,35?,36-/m1/s1. The Morgan fingerprint density at radius 3 is 2.60 bits per heavy atom. The van der Waals surface area contributed by atoms with E-state index in [2.05, 4.69) is 38.7 Å². The Kier molecular flexibility index (Phi) is 6.71. The van der Waals surface area contributed by atoms with Crippen molar-refractivity contribution in [2.24, 2.45) is 22.7 Å². The van der Waals surface area contributed by atoms with Gasteiger partial charge in [0.15, 0.2) is 11.5 Å². The van der Waals surface area contributed by atoms with Crippen LogP contribution in [0.2, 0.25) is 0 Å². The summed E-state index contributed by atoms with van der Waals surface area (Å²) in [5.41, 5.74) is 0.591. The molecule has 1 saturated heterocycles. The third kappa shape index (κ3) is 3.76. The summed E-state index contributed by atoms with van der Waals surface area (Å²) in [5, 5.41) is 12.4. The Bertz CT molecular complexity index is 1250. The lowest BCUT2D eigenvalue weighted by molar-refractivity contribution is -0.312. The lowest BCUT2D eigenvalue weighted by Gasteiger charge is -2.75. The molecule has 5 fully saturated rings. The van der Waals surface area contributed by atoms with E-state index in [4.69, 9.17) is 14.2 Å². The van der Waals surface area contributed by atoms with Crippen molar-refractivity contribution in [2.75, 3.05) is 20.2 Å². The summed E-state index contributed by atoms with van der Waals surface area (Å²) in [6, 6.07) is 4.66. The van der Waals surface area contributed by atoms with Crippen molar-refractivity contribution in [3.05, 3.63) is 23.3 Å². The minimum atomic E-state index is -0.945. The summed E-state index contributed by atoms with van der Waals surface area (Å²) in [4.78, 5) is 15.9. The third-order valence-corrected chi connectivity index (χ3v) is 13.3. The maximum Gasteiger partial charge on any atom is 0.311 e. The highest BCUT2D eigenvalue weighted by Crippen LogP contribution is 2.78. The highest BCUT2D eigenvalue weighted by molar-refractivity contribution is 5.75. The zero-order chi connectivity index (χ0) is 29.7. The van der Waals surface area contributed by atoms with Crippen LogP contribution >= 0.6 is 0 Å². The van der Waals surface area contributed by atoms with Crippen LogP contribution in [0.1, 0.15) is 116 Å². The van der Waals surface area contributed by atoms with Gasteiger partial charge in [0.1, 0.15) is 11.7 Å². The van der Waals surface area contributed by atoms with Crippen LogP contribution in [0.15, 0.2) is 12.1 Å². The second kappa shape index (κ2) is 9.68. The largest absolute Gasteiger partial charge is 0.482 e. The predicted molar refractivity (Wildman–Crippen MR) is 163 cm³/mol. The highest BCUT2D eigenvalue weighted by Gasteiger charge is 2.82. The summed E-state index contributed by atoms with van der Waals surface area (Å²) in [7, 11) is 1.84. The summed E-state index contributed by atoms with van der Waals surface area (Å²) >= 11 is 0. The number of methoxy groups -OCH3 is 1. The first-order valence-corrected chi connectivity index (χ1v) is 17.0. The van der Waals surface area contributed by atoms with Crippen molar-refractivity contribution in [3.8, 4) is 11.5 Å². The molecule has 2 spiro atoms. The van der Waals surface area contributed by atoms with E-state index >= 15 is 0 Å². The van der Waals surface area contributed by atoms with Crippen LogP contribution < -0.4 is 9.47 Å². The molecule has 1 N–H and O–H groups in total. The van der Waals surface area contributed by atoms with Gasteiger partial charge in [-0.1, -0.05) is 53.0 Å². The van der Waals surface area contributed by atoms with E-state index in [1.54, 1.807) is 0 Å². The lowest BCUT2D eigenvalue weighted by atomic mass is 9.33. The summed E-state index contributed by atoms with van der Waals surface area (Å²) in [5.74, 6) is 1.97. The van der Waals surface area contributed by atoms with Crippen LogP contribution in [0.4, 0.5) is 0 Å². The average Bonchev–Trinajstić information content (AvgIpc) is 3.69. The number of likely N-dealkylation sites (tertiary alicyclic amines) is 1. The van der Waals surface area contributed by atoms with Crippen LogP contribution in [0.25, 0.3) is 0 Å². The number of benzene rings is 1. The second-order valence-electron chi connectivity index (χ2n) is 16.1. The van der Waals surface area contributed by atoms with Crippen molar-refractivity contribution < 1.29 is 24.1 Å². The SMILES string of the molecule is CCCCCCC(=O)Oc1ccc2c3c1O[C@@H]1C34CCN(CC3CC3)[C@H](C2)C42CC[C@@]1(OC)[C@@H]([C@](C)(O)C(C)(C)C)C2. The lowest BCUT2D eigenvalue weighted by Crippen LogP contribution is -2.83. The molecule has 4 saturated carbocycles. The number of unbranched alkanes of at least 4 members (excludes halogenated alkanes) is 3. The van der Waals surface area contributed by atoms with E-state index in [0.29, 0.717) is 18.2 Å². The van der Waals surface area contributed by atoms with Crippen molar-refractivity contribution in [1.29, 1.82) is 0 Å². The van der Waals surface area contributed by atoms with Gasteiger partial charge in [0, 0.05) is 48.4 Å². The fraction of sp³-hybridized carbons (Fsp3) is 0.806. The Balaban J connectivity index is 1.35. The monoisotopic (exact) mass is 579 g/mol. The zero-order valence-corrected chi connectivity index (χ0v) is 26.9. The molecule has 4 bridgehead atoms. The molecule has 1 aromatic carbocycles. The molecule has 0 amide bonds. The second-order valence-corrected chi connectivity index (χ2v) is 16.1. The number of nitrogens with zero attached hydrogens (tertiary/aromatic N) is 1. The number of piperidine rings is 1. The van der Waals surface area contributed by atoms with Gasteiger partial charge in [0.2, 0.25) is 0 Å². The number of aliphatic hydroxyl groups is 1. The fourth-order valence-corrected chi connectivity index (χ4v) is 10.5. The number of carbonyl (C=O) groups excluding carboxylic acids is 1. The molecular weight excluding hydrogens is 526 g/mol. The van der Waals surface area contributed by atoms with Crippen LogP contribution in [0, 0.1) is 22.7 Å². The smallest absolute Gasteiger partial charge is 0.311 e. The zero-order valence-electron chi connectivity index (χ0n) is 26.9. The van der Waals surface area contributed by atoms with Crippen molar-refractivity contribution in [1.82, 2.24) is 4.90 Å². The van der Waals surface area contributed by atoms with Crippen molar-refractivity contribution >= 4 is 5.97 Å². The molecule has 7 aliphatic rings. The minimum Gasteiger partial charge on any atom is -0.482 e. The van der Waals surface area contributed by atoms with Gasteiger partial charge in [-0.15, -0.1) is 0 Å². The molecule has 0 aromatic heterocycles. The quantitative estimate of drug-likeness (QED) is 0.192. The number of carbonyl (C=O) groups is 1. The van der Waals surface area contributed by atoms with Gasteiger partial charge < -0.3 is 19.3 Å². The van der Waals surface area contributed by atoms with Gasteiger partial charge in [-0.05, 0) is 87.8 Å². The van der Waals surface area contributed by atoms with Gasteiger partial charge in [-0.25, -0.2) is 0 Å². The molecule has 2 unspecified atom stereocenters. The Hall–Kier alpha value is -1.63. The molecule has 5 aliphatic carbocycles. The van der Waals surface area contributed by atoms with Crippen LogP contribution in [0.3, 0.4) is 0 Å². The Morgan fingerprint density at radius 1 is 1.12 bits per heavy atom. The summed E-state index contributed by atoms with van der Waals surface area (Å²) in [6.45, 7) is 13.0. The average molecular weight is 580 g/mol. The number of esters is 1. The molecule has 2 heterocycles. The summed E-state index contributed by atoms with van der Waals surface area (Å²) < 4.78 is 20.0. The molecule has 42 heavy (non-hydrogen) atoms. The van der Waals surface area contributed by atoms with E-state index in [0.717, 1.165) is 76.0 Å². The number of fused-ring (bicyclic) bond motifs is 2. The predicted octanol–water partition coefficient (Wildman–Crippen LogP) is 6.58. The number of hydrogen-bond acceptors (Lipinski definition) is 6. The van der Waals surface area contributed by atoms with Gasteiger partial charge in [0.05, 0.1) is 5.60 Å². The molecule has 7 atom stereocenters. The van der Waals surface area contributed by atoms with E-state index in [-0.39, 0.29) is 34.2 Å². The molecule has 6 heteroatoms.